The van der Waals surface area contributed by atoms with Crippen molar-refractivity contribution in [3.63, 3.8) is 0 Å². The van der Waals surface area contributed by atoms with Crippen molar-refractivity contribution in [3.8, 4) is 0 Å². The number of aliphatic carboxylic acids is 1. The first kappa shape index (κ1) is 16.9. The molecule has 0 rings (SSSR count). The van der Waals surface area contributed by atoms with Crippen LogP contribution < -0.4 is 11.5 Å². The van der Waals surface area contributed by atoms with E-state index in [4.69, 9.17) is 16.6 Å². The first-order chi connectivity index (χ1) is 4.18. The number of rotatable bonds is 4. The van der Waals surface area contributed by atoms with Crippen LogP contribution in [0.1, 0.15) is 12.8 Å². The van der Waals surface area contributed by atoms with E-state index in [2.05, 4.69) is 0 Å². The van der Waals surface area contributed by atoms with E-state index in [0.29, 0.717) is 19.4 Å². The Labute approximate surface area is 71.5 Å². The predicted molar refractivity (Wildman–Crippen MR) is 44.8 cm³/mol. The van der Waals surface area contributed by atoms with E-state index in [9.17, 15) is 4.79 Å². The van der Waals surface area contributed by atoms with Crippen LogP contribution in [0.2, 0.25) is 0 Å². The summed E-state index contributed by atoms with van der Waals surface area (Å²) >= 11 is 0. The van der Waals surface area contributed by atoms with Crippen molar-refractivity contribution >= 4 is 18.4 Å². The number of nitrogens with two attached hydrogens (primary N) is 2. The van der Waals surface area contributed by atoms with Gasteiger partial charge in [-0.15, -0.1) is 12.4 Å². The summed E-state index contributed by atoms with van der Waals surface area (Å²) in [6, 6.07) is -0.742. The molecule has 5 nitrogen and oxygen atoms in total. The third kappa shape index (κ3) is 9.64. The topological polar surface area (TPSA) is 121 Å². The Bertz CT molecular complexity index is 102. The first-order valence-corrected chi connectivity index (χ1v) is 2.87. The van der Waals surface area contributed by atoms with Crippen molar-refractivity contribution in [1.82, 2.24) is 0 Å². The molecule has 0 aromatic carbocycles. The van der Waals surface area contributed by atoms with Crippen LogP contribution in [-0.2, 0) is 4.79 Å². The van der Waals surface area contributed by atoms with E-state index < -0.39 is 12.0 Å². The normalized spacial score (nSPS) is 10.7. The Kier molecular flexibility index (Phi) is 14.8. The van der Waals surface area contributed by atoms with Gasteiger partial charge in [0.05, 0.1) is 0 Å². The summed E-state index contributed by atoms with van der Waals surface area (Å²) < 4.78 is 0. The fraction of sp³-hybridized carbons (Fsp3) is 0.800. The Hall–Kier alpha value is -0.360. The molecule has 0 spiro atoms. The molecule has 0 bridgehead atoms. The van der Waals surface area contributed by atoms with Gasteiger partial charge < -0.3 is 22.1 Å². The van der Waals surface area contributed by atoms with Gasteiger partial charge in [0.1, 0.15) is 6.04 Å². The van der Waals surface area contributed by atoms with E-state index >= 15 is 0 Å². The molecule has 11 heavy (non-hydrogen) atoms. The van der Waals surface area contributed by atoms with E-state index in [1.807, 2.05) is 0 Å². The molecule has 0 saturated heterocycles. The Morgan fingerprint density at radius 2 is 2.00 bits per heavy atom. The summed E-state index contributed by atoms with van der Waals surface area (Å²) in [7, 11) is 0. The van der Waals surface area contributed by atoms with Gasteiger partial charge in [-0.05, 0) is 19.4 Å². The molecule has 6 heteroatoms. The molecule has 0 heterocycles. The number of carbonyl (C=O) groups is 1. The number of hydrogen-bond donors (Lipinski definition) is 3. The molecule has 0 amide bonds. The third-order valence-electron chi connectivity index (χ3n) is 1.04. The van der Waals surface area contributed by atoms with Gasteiger partial charge in [0.2, 0.25) is 0 Å². The molecule has 0 radical (unpaired) electrons. The second kappa shape index (κ2) is 9.64. The van der Waals surface area contributed by atoms with Gasteiger partial charge in [-0.3, -0.25) is 4.79 Å². The van der Waals surface area contributed by atoms with Crippen LogP contribution >= 0.6 is 12.4 Å². The zero-order valence-corrected chi connectivity index (χ0v) is 6.93. The summed E-state index contributed by atoms with van der Waals surface area (Å²) in [6.07, 6.45) is 1.14. The highest BCUT2D eigenvalue weighted by molar-refractivity contribution is 5.85. The molecule has 70 valence electrons. The minimum atomic E-state index is -0.955. The summed E-state index contributed by atoms with van der Waals surface area (Å²) in [5.41, 5.74) is 10.3. The van der Waals surface area contributed by atoms with Gasteiger partial charge in [0.15, 0.2) is 0 Å². The lowest BCUT2D eigenvalue weighted by Crippen LogP contribution is -2.30. The maximum atomic E-state index is 10.0. The standard InChI is InChI=1S/C5H12N2O2.ClH.H2O/c6-3-1-2-4(7)5(8)9;;/h4H,1-3,6-7H2,(H,8,9);1H;1H2. The highest BCUT2D eigenvalue weighted by Crippen LogP contribution is 1.91. The van der Waals surface area contributed by atoms with Crippen molar-refractivity contribution in [3.05, 3.63) is 0 Å². The van der Waals surface area contributed by atoms with Gasteiger partial charge in [-0.2, -0.15) is 0 Å². The average molecular weight is 187 g/mol. The Morgan fingerprint density at radius 1 is 1.55 bits per heavy atom. The van der Waals surface area contributed by atoms with Crippen molar-refractivity contribution in [1.29, 1.82) is 0 Å². The maximum absolute atomic E-state index is 10.0. The summed E-state index contributed by atoms with van der Waals surface area (Å²) in [5.74, 6) is -0.955. The number of hydrogen-bond acceptors (Lipinski definition) is 3. The zero-order valence-electron chi connectivity index (χ0n) is 6.12. The van der Waals surface area contributed by atoms with Crippen LogP contribution in [-0.4, -0.2) is 29.1 Å². The van der Waals surface area contributed by atoms with Crippen molar-refractivity contribution in [2.75, 3.05) is 6.54 Å². The summed E-state index contributed by atoms with van der Waals surface area (Å²) in [5, 5.41) is 8.24. The Morgan fingerprint density at radius 3 is 2.27 bits per heavy atom. The molecule has 1 atom stereocenters. The smallest absolute Gasteiger partial charge is 0.320 e. The van der Waals surface area contributed by atoms with Gasteiger partial charge >= 0.3 is 5.97 Å². The number of carboxylic acid groups (broad SMARTS) is 1. The van der Waals surface area contributed by atoms with Crippen molar-refractivity contribution in [2.24, 2.45) is 11.5 Å². The lowest BCUT2D eigenvalue weighted by atomic mass is 10.2. The molecule has 0 aromatic rings. The third-order valence-corrected chi connectivity index (χ3v) is 1.04. The van der Waals surface area contributed by atoms with Crippen LogP contribution in [0.25, 0.3) is 0 Å². The van der Waals surface area contributed by atoms with Gasteiger partial charge in [-0.25, -0.2) is 0 Å². The molecule has 7 N–H and O–H groups in total. The highest BCUT2D eigenvalue weighted by atomic mass is 35.5. The van der Waals surface area contributed by atoms with Crippen LogP contribution in [0.4, 0.5) is 0 Å². The Balaban J connectivity index is -0.000000320. The van der Waals surface area contributed by atoms with Crippen LogP contribution in [0.3, 0.4) is 0 Å². The molecule has 1 unspecified atom stereocenters. The molecule has 0 saturated carbocycles. The van der Waals surface area contributed by atoms with Crippen LogP contribution in [0, 0.1) is 0 Å². The van der Waals surface area contributed by atoms with Crippen molar-refractivity contribution < 1.29 is 15.4 Å². The quantitative estimate of drug-likeness (QED) is 0.507. The largest absolute Gasteiger partial charge is 0.480 e. The minimum absolute atomic E-state index is 0. The first-order valence-electron chi connectivity index (χ1n) is 2.87. The van der Waals surface area contributed by atoms with Crippen LogP contribution in [0.15, 0.2) is 0 Å². The zero-order chi connectivity index (χ0) is 7.28. The summed E-state index contributed by atoms with van der Waals surface area (Å²) in [6.45, 7) is 0.501. The molecule has 0 aromatic heterocycles. The predicted octanol–water partition coefficient (Wildman–Crippen LogP) is -1.27. The molecule has 0 aliphatic rings. The van der Waals surface area contributed by atoms with Crippen molar-refractivity contribution in [2.45, 2.75) is 18.9 Å². The molecule has 0 aliphatic carbocycles. The maximum Gasteiger partial charge on any atom is 0.320 e. The van der Waals surface area contributed by atoms with E-state index in [-0.39, 0.29) is 17.9 Å². The molecular formula is C5H15ClN2O3. The monoisotopic (exact) mass is 186 g/mol. The second-order valence-electron chi connectivity index (χ2n) is 1.88. The average Bonchev–Trinajstić information content (AvgIpc) is 1.82. The minimum Gasteiger partial charge on any atom is -0.480 e. The lowest BCUT2D eigenvalue weighted by molar-refractivity contribution is -0.138. The number of carboxylic acids is 1. The van der Waals surface area contributed by atoms with E-state index in [1.165, 1.54) is 0 Å². The molecule has 0 fully saturated rings. The van der Waals surface area contributed by atoms with E-state index in [1.54, 1.807) is 0 Å². The van der Waals surface area contributed by atoms with Gasteiger partial charge in [0.25, 0.3) is 0 Å². The molecular weight excluding hydrogens is 172 g/mol. The lowest BCUT2D eigenvalue weighted by Gasteiger charge is -2.02. The second-order valence-corrected chi connectivity index (χ2v) is 1.88. The number of halogens is 1. The van der Waals surface area contributed by atoms with Crippen LogP contribution in [0.5, 0.6) is 0 Å². The SMILES string of the molecule is Cl.NCCCC(N)C(=O)O.O. The van der Waals surface area contributed by atoms with Gasteiger partial charge in [0, 0.05) is 0 Å². The highest BCUT2D eigenvalue weighted by Gasteiger charge is 2.08. The van der Waals surface area contributed by atoms with E-state index in [0.717, 1.165) is 0 Å². The fourth-order valence-electron chi connectivity index (χ4n) is 0.461. The van der Waals surface area contributed by atoms with Gasteiger partial charge in [-0.1, -0.05) is 0 Å². The fourth-order valence-corrected chi connectivity index (χ4v) is 0.461. The summed E-state index contributed by atoms with van der Waals surface area (Å²) in [4.78, 5) is 10.0. The molecule has 0 aliphatic heterocycles.